The highest BCUT2D eigenvalue weighted by molar-refractivity contribution is 7.09. The zero-order valence-electron chi connectivity index (χ0n) is 16.7. The molecule has 0 bridgehead atoms. The van der Waals surface area contributed by atoms with Gasteiger partial charge < -0.3 is 14.7 Å². The molecule has 1 amide bonds. The smallest absolute Gasteiger partial charge is 0.295 e. The second kappa shape index (κ2) is 8.16. The standard InChI is InChI=1S/C24H21NO4S/c1-15-8-10-16(11-9-15)22(26)20-21(17-5-3-6-18(13-17)29-2)25(24(28)23(20)27)14-19-7-4-12-30-19/h3-13,21,26H,14H2,1-2H3/b22-20-. The van der Waals surface area contributed by atoms with E-state index in [1.165, 1.54) is 16.2 Å². The number of Topliss-reactive ketones (excluding diaryl/α,β-unsaturated/α-hetero) is 1. The van der Waals surface area contributed by atoms with Gasteiger partial charge in [-0.2, -0.15) is 0 Å². The first kappa shape index (κ1) is 19.9. The Balaban J connectivity index is 1.87. The highest BCUT2D eigenvalue weighted by Crippen LogP contribution is 2.41. The predicted molar refractivity (Wildman–Crippen MR) is 116 cm³/mol. The summed E-state index contributed by atoms with van der Waals surface area (Å²) in [4.78, 5) is 28.5. The third-order valence-electron chi connectivity index (χ3n) is 5.18. The van der Waals surface area contributed by atoms with E-state index in [1.54, 1.807) is 31.4 Å². The summed E-state index contributed by atoms with van der Waals surface area (Å²) < 4.78 is 5.34. The summed E-state index contributed by atoms with van der Waals surface area (Å²) in [5, 5.41) is 13.0. The molecule has 6 heteroatoms. The maximum atomic E-state index is 13.0. The largest absolute Gasteiger partial charge is 0.507 e. The number of likely N-dealkylation sites (tertiary alicyclic amines) is 1. The number of rotatable bonds is 5. The third-order valence-corrected chi connectivity index (χ3v) is 6.04. The number of aliphatic hydroxyl groups excluding tert-OH is 1. The normalized spacial score (nSPS) is 18.1. The fourth-order valence-corrected chi connectivity index (χ4v) is 4.34. The number of carbonyl (C=O) groups excluding carboxylic acids is 2. The summed E-state index contributed by atoms with van der Waals surface area (Å²) in [5.74, 6) is -0.860. The minimum atomic E-state index is -0.705. The van der Waals surface area contributed by atoms with Crippen molar-refractivity contribution in [2.24, 2.45) is 0 Å². The molecule has 152 valence electrons. The molecule has 0 saturated carbocycles. The maximum Gasteiger partial charge on any atom is 0.295 e. The Kier molecular flexibility index (Phi) is 5.42. The minimum absolute atomic E-state index is 0.0914. The van der Waals surface area contributed by atoms with Crippen molar-refractivity contribution in [3.8, 4) is 5.75 Å². The first-order chi connectivity index (χ1) is 14.5. The fourth-order valence-electron chi connectivity index (χ4n) is 3.64. The van der Waals surface area contributed by atoms with Crippen molar-refractivity contribution in [3.63, 3.8) is 0 Å². The average Bonchev–Trinajstić information content (AvgIpc) is 3.36. The van der Waals surface area contributed by atoms with Gasteiger partial charge in [0, 0.05) is 10.4 Å². The molecule has 1 saturated heterocycles. The summed E-state index contributed by atoms with van der Waals surface area (Å²) in [6.45, 7) is 2.23. The van der Waals surface area contributed by atoms with Crippen molar-refractivity contribution in [1.82, 2.24) is 4.90 Å². The quantitative estimate of drug-likeness (QED) is 0.370. The van der Waals surface area contributed by atoms with Gasteiger partial charge in [0.25, 0.3) is 11.7 Å². The molecule has 1 fully saturated rings. The van der Waals surface area contributed by atoms with Crippen molar-refractivity contribution in [2.75, 3.05) is 7.11 Å². The van der Waals surface area contributed by atoms with Crippen LogP contribution in [0.25, 0.3) is 5.76 Å². The molecule has 5 nitrogen and oxygen atoms in total. The number of nitrogens with zero attached hydrogens (tertiary/aromatic N) is 1. The lowest BCUT2D eigenvalue weighted by molar-refractivity contribution is -0.140. The van der Waals surface area contributed by atoms with Crippen LogP contribution in [0.1, 0.15) is 27.6 Å². The van der Waals surface area contributed by atoms with E-state index in [1.807, 2.05) is 48.7 Å². The van der Waals surface area contributed by atoms with Gasteiger partial charge in [0.2, 0.25) is 0 Å². The number of aliphatic hydroxyl groups is 1. The number of ketones is 1. The van der Waals surface area contributed by atoms with E-state index in [0.29, 0.717) is 16.9 Å². The highest BCUT2D eigenvalue weighted by Gasteiger charge is 2.46. The van der Waals surface area contributed by atoms with Crippen molar-refractivity contribution in [1.29, 1.82) is 0 Å². The van der Waals surface area contributed by atoms with Crippen molar-refractivity contribution < 1.29 is 19.4 Å². The lowest BCUT2D eigenvalue weighted by Crippen LogP contribution is -2.28. The van der Waals surface area contributed by atoms with E-state index in [9.17, 15) is 14.7 Å². The molecule has 0 radical (unpaired) electrons. The second-order valence-corrected chi connectivity index (χ2v) is 8.18. The number of hydrogen-bond donors (Lipinski definition) is 1. The minimum Gasteiger partial charge on any atom is -0.507 e. The van der Waals surface area contributed by atoms with Crippen LogP contribution >= 0.6 is 11.3 Å². The summed E-state index contributed by atoms with van der Waals surface area (Å²) in [6.07, 6.45) is 0. The van der Waals surface area contributed by atoms with Gasteiger partial charge in [0.05, 0.1) is 25.3 Å². The number of amides is 1. The van der Waals surface area contributed by atoms with Crippen LogP contribution < -0.4 is 4.74 Å². The number of aryl methyl sites for hydroxylation is 1. The number of ether oxygens (including phenoxy) is 1. The maximum absolute atomic E-state index is 13.0. The van der Waals surface area contributed by atoms with Gasteiger partial charge in [0.15, 0.2) is 0 Å². The van der Waals surface area contributed by atoms with Crippen LogP contribution in [0.4, 0.5) is 0 Å². The Labute approximate surface area is 178 Å². The van der Waals surface area contributed by atoms with Crippen LogP contribution in [-0.2, 0) is 16.1 Å². The molecule has 2 heterocycles. The van der Waals surface area contributed by atoms with Gasteiger partial charge in [-0.3, -0.25) is 9.59 Å². The molecular weight excluding hydrogens is 398 g/mol. The van der Waals surface area contributed by atoms with Crippen molar-refractivity contribution in [3.05, 3.63) is 93.2 Å². The van der Waals surface area contributed by atoms with Gasteiger partial charge in [-0.15, -0.1) is 11.3 Å². The van der Waals surface area contributed by atoms with Gasteiger partial charge in [0.1, 0.15) is 11.5 Å². The zero-order valence-corrected chi connectivity index (χ0v) is 17.5. The van der Waals surface area contributed by atoms with Gasteiger partial charge in [-0.05, 0) is 36.1 Å². The predicted octanol–water partition coefficient (Wildman–Crippen LogP) is 4.69. The number of benzene rings is 2. The van der Waals surface area contributed by atoms with E-state index in [2.05, 4.69) is 0 Å². The topological polar surface area (TPSA) is 66.8 Å². The van der Waals surface area contributed by atoms with Crippen LogP contribution in [0.2, 0.25) is 0 Å². The van der Waals surface area contributed by atoms with E-state index in [-0.39, 0.29) is 17.9 Å². The number of carbonyl (C=O) groups is 2. The molecule has 2 aromatic carbocycles. The van der Waals surface area contributed by atoms with Gasteiger partial charge >= 0.3 is 0 Å². The monoisotopic (exact) mass is 419 g/mol. The lowest BCUT2D eigenvalue weighted by atomic mass is 9.95. The summed E-state index contributed by atoms with van der Waals surface area (Å²) in [6, 6.07) is 17.6. The number of thiophene rings is 1. The van der Waals surface area contributed by atoms with E-state index in [4.69, 9.17) is 4.74 Å². The molecule has 1 aliphatic heterocycles. The fraction of sp³-hybridized carbons (Fsp3) is 0.167. The third kappa shape index (κ3) is 3.62. The van der Waals surface area contributed by atoms with Crippen LogP contribution in [0.3, 0.4) is 0 Å². The lowest BCUT2D eigenvalue weighted by Gasteiger charge is -2.25. The Morgan fingerprint density at radius 2 is 1.87 bits per heavy atom. The first-order valence-electron chi connectivity index (χ1n) is 9.51. The summed E-state index contributed by atoms with van der Waals surface area (Å²) in [7, 11) is 1.56. The zero-order chi connectivity index (χ0) is 21.3. The molecule has 1 atom stereocenters. The van der Waals surface area contributed by atoms with Crippen LogP contribution in [0, 0.1) is 6.92 Å². The SMILES string of the molecule is COc1cccc(C2/C(=C(/O)c3ccc(C)cc3)C(=O)C(=O)N2Cc2cccs2)c1. The first-order valence-corrected chi connectivity index (χ1v) is 10.4. The summed E-state index contributed by atoms with van der Waals surface area (Å²) in [5.41, 5.74) is 2.34. The summed E-state index contributed by atoms with van der Waals surface area (Å²) >= 11 is 1.52. The molecular formula is C24H21NO4S. The van der Waals surface area contributed by atoms with E-state index < -0.39 is 17.7 Å². The van der Waals surface area contributed by atoms with Crippen LogP contribution in [0.5, 0.6) is 5.75 Å². The van der Waals surface area contributed by atoms with Gasteiger partial charge in [-0.25, -0.2) is 0 Å². The molecule has 1 unspecified atom stereocenters. The van der Waals surface area contributed by atoms with E-state index >= 15 is 0 Å². The molecule has 1 aromatic heterocycles. The van der Waals surface area contributed by atoms with Crippen molar-refractivity contribution >= 4 is 28.8 Å². The molecule has 4 rings (SSSR count). The average molecular weight is 420 g/mol. The van der Waals surface area contributed by atoms with Gasteiger partial charge in [-0.1, -0.05) is 48.0 Å². The Hall–Kier alpha value is -3.38. The molecule has 0 spiro atoms. The van der Waals surface area contributed by atoms with Crippen molar-refractivity contribution in [2.45, 2.75) is 19.5 Å². The number of methoxy groups -OCH3 is 1. The Morgan fingerprint density at radius 3 is 2.53 bits per heavy atom. The molecule has 1 N–H and O–H groups in total. The number of hydrogen-bond acceptors (Lipinski definition) is 5. The Bertz CT molecular complexity index is 1120. The van der Waals surface area contributed by atoms with Crippen LogP contribution in [-0.4, -0.2) is 28.8 Å². The van der Waals surface area contributed by atoms with E-state index in [0.717, 1.165) is 10.4 Å². The highest BCUT2D eigenvalue weighted by atomic mass is 32.1. The second-order valence-electron chi connectivity index (χ2n) is 7.15. The molecule has 30 heavy (non-hydrogen) atoms. The molecule has 3 aromatic rings. The Morgan fingerprint density at radius 1 is 1.10 bits per heavy atom. The van der Waals surface area contributed by atoms with Crippen LogP contribution in [0.15, 0.2) is 71.6 Å². The molecule has 1 aliphatic rings. The molecule has 0 aliphatic carbocycles.